The van der Waals surface area contributed by atoms with Crippen LogP contribution in [-0.4, -0.2) is 42.8 Å². The quantitative estimate of drug-likeness (QED) is 0.844. The van der Waals surface area contributed by atoms with Gasteiger partial charge in [0, 0.05) is 38.0 Å². The van der Waals surface area contributed by atoms with E-state index in [1.165, 1.54) is 0 Å². The highest BCUT2D eigenvalue weighted by Gasteiger charge is 2.23. The van der Waals surface area contributed by atoms with Crippen LogP contribution in [0.25, 0.3) is 0 Å². The number of rotatable bonds is 5. The predicted molar refractivity (Wildman–Crippen MR) is 81.3 cm³/mol. The first-order valence-corrected chi connectivity index (χ1v) is 6.73. The fourth-order valence-corrected chi connectivity index (χ4v) is 2.34. The smallest absolute Gasteiger partial charge is 0.223 e. The van der Waals surface area contributed by atoms with Crippen LogP contribution in [0.3, 0.4) is 0 Å². The lowest BCUT2D eigenvalue weighted by Gasteiger charge is -2.23. The van der Waals surface area contributed by atoms with Crippen molar-refractivity contribution in [2.75, 3.05) is 20.1 Å². The Bertz CT molecular complexity index is 444. The number of nitrogens with one attached hydrogen (secondary N) is 1. The van der Waals surface area contributed by atoms with Crippen molar-refractivity contribution in [1.29, 1.82) is 0 Å². The van der Waals surface area contributed by atoms with Crippen molar-refractivity contribution < 1.29 is 9.59 Å². The van der Waals surface area contributed by atoms with Crippen molar-refractivity contribution in [3.8, 4) is 0 Å². The number of hydrogen-bond donors (Lipinski definition) is 1. The summed E-state index contributed by atoms with van der Waals surface area (Å²) in [7, 11) is 1.83. The topological polar surface area (TPSA) is 49.4 Å². The van der Waals surface area contributed by atoms with Gasteiger partial charge in [-0.25, -0.2) is 0 Å². The van der Waals surface area contributed by atoms with Crippen molar-refractivity contribution in [1.82, 2.24) is 10.2 Å². The number of carbonyl (C=O) groups excluding carboxylic acids is 2. The third-order valence-electron chi connectivity index (χ3n) is 3.64. The van der Waals surface area contributed by atoms with Gasteiger partial charge >= 0.3 is 0 Å². The second kappa shape index (κ2) is 8.02. The highest BCUT2D eigenvalue weighted by molar-refractivity contribution is 5.97. The summed E-state index contributed by atoms with van der Waals surface area (Å²) in [6.45, 7) is 1.82. The van der Waals surface area contributed by atoms with E-state index in [-0.39, 0.29) is 36.6 Å². The molecule has 1 amide bonds. The molecule has 110 valence electrons. The van der Waals surface area contributed by atoms with Crippen molar-refractivity contribution in [2.24, 2.45) is 0 Å². The van der Waals surface area contributed by atoms with E-state index in [0.29, 0.717) is 12.0 Å². The van der Waals surface area contributed by atoms with E-state index in [9.17, 15) is 9.59 Å². The molecule has 1 unspecified atom stereocenters. The molecular weight excluding hydrogens is 276 g/mol. The van der Waals surface area contributed by atoms with Crippen LogP contribution in [0.2, 0.25) is 0 Å². The number of carbonyl (C=O) groups is 2. The van der Waals surface area contributed by atoms with Crippen molar-refractivity contribution in [2.45, 2.75) is 25.3 Å². The normalized spacial score (nSPS) is 17.4. The van der Waals surface area contributed by atoms with E-state index >= 15 is 0 Å². The molecule has 1 N–H and O–H groups in total. The van der Waals surface area contributed by atoms with Gasteiger partial charge in [0.1, 0.15) is 0 Å². The van der Waals surface area contributed by atoms with E-state index in [0.717, 1.165) is 19.5 Å². The zero-order chi connectivity index (χ0) is 13.7. The van der Waals surface area contributed by atoms with Gasteiger partial charge < -0.3 is 10.2 Å². The molecule has 2 rings (SSSR count). The van der Waals surface area contributed by atoms with Crippen LogP contribution in [0.4, 0.5) is 0 Å². The summed E-state index contributed by atoms with van der Waals surface area (Å²) in [6, 6.07) is 9.41. The van der Waals surface area contributed by atoms with Crippen molar-refractivity contribution >= 4 is 24.1 Å². The molecule has 1 aromatic rings. The molecule has 1 aromatic carbocycles. The van der Waals surface area contributed by atoms with Crippen molar-refractivity contribution in [3.05, 3.63) is 35.9 Å². The summed E-state index contributed by atoms with van der Waals surface area (Å²) >= 11 is 0. The van der Waals surface area contributed by atoms with Gasteiger partial charge in [0.25, 0.3) is 0 Å². The molecule has 5 heteroatoms. The fourth-order valence-electron chi connectivity index (χ4n) is 2.34. The zero-order valence-electron chi connectivity index (χ0n) is 11.7. The Hall–Kier alpha value is -1.39. The molecule has 1 saturated heterocycles. The maximum absolute atomic E-state index is 12.0. The molecule has 1 atom stereocenters. The number of amides is 1. The lowest BCUT2D eigenvalue weighted by Crippen LogP contribution is -2.38. The lowest BCUT2D eigenvalue weighted by atomic mass is 10.1. The summed E-state index contributed by atoms with van der Waals surface area (Å²) in [5, 5.41) is 3.24. The standard InChI is InChI=1S/C15H20N2O2.ClH/c1-17(13-9-10-16-11-13)15(19)8-7-14(18)12-5-3-2-4-6-12;/h2-6,13,16H,7-11H2,1H3;1H. The number of ketones is 1. The maximum Gasteiger partial charge on any atom is 0.223 e. The molecule has 1 aliphatic rings. The first-order valence-electron chi connectivity index (χ1n) is 6.73. The van der Waals surface area contributed by atoms with E-state index in [2.05, 4.69) is 5.32 Å². The van der Waals surface area contributed by atoms with Crippen LogP contribution in [0, 0.1) is 0 Å². The number of likely N-dealkylation sites (N-methyl/N-ethyl adjacent to an activating group) is 1. The van der Waals surface area contributed by atoms with Gasteiger partial charge in [0.2, 0.25) is 5.91 Å². The van der Waals surface area contributed by atoms with Gasteiger partial charge in [-0.1, -0.05) is 30.3 Å². The largest absolute Gasteiger partial charge is 0.341 e. The molecule has 0 spiro atoms. The predicted octanol–water partition coefficient (Wildman–Crippen LogP) is 1.89. The lowest BCUT2D eigenvalue weighted by molar-refractivity contribution is -0.131. The molecule has 0 radical (unpaired) electrons. The Balaban J connectivity index is 0.00000200. The SMILES string of the molecule is CN(C(=O)CCC(=O)c1ccccc1)C1CCNC1.Cl. The van der Waals surface area contributed by atoms with E-state index < -0.39 is 0 Å². The van der Waals surface area contributed by atoms with Crippen LogP contribution in [0.15, 0.2) is 30.3 Å². The molecule has 0 aliphatic carbocycles. The minimum Gasteiger partial charge on any atom is -0.341 e. The third kappa shape index (κ3) is 4.32. The molecule has 4 nitrogen and oxygen atoms in total. The Morgan fingerprint density at radius 1 is 1.25 bits per heavy atom. The Morgan fingerprint density at radius 2 is 1.95 bits per heavy atom. The van der Waals surface area contributed by atoms with E-state index in [4.69, 9.17) is 0 Å². The van der Waals surface area contributed by atoms with Crippen LogP contribution in [-0.2, 0) is 4.79 Å². The summed E-state index contributed by atoms with van der Waals surface area (Å²) in [5.41, 5.74) is 0.681. The average molecular weight is 297 g/mol. The first-order chi connectivity index (χ1) is 9.18. The van der Waals surface area contributed by atoms with Gasteiger partial charge in [0.05, 0.1) is 0 Å². The molecule has 1 aliphatic heterocycles. The highest BCUT2D eigenvalue weighted by atomic mass is 35.5. The van der Waals surface area contributed by atoms with Crippen LogP contribution >= 0.6 is 12.4 Å². The second-order valence-electron chi connectivity index (χ2n) is 4.94. The van der Waals surface area contributed by atoms with Crippen LogP contribution in [0.5, 0.6) is 0 Å². The number of hydrogen-bond acceptors (Lipinski definition) is 3. The highest BCUT2D eigenvalue weighted by Crippen LogP contribution is 2.10. The molecule has 1 fully saturated rings. The summed E-state index contributed by atoms with van der Waals surface area (Å²) in [6.07, 6.45) is 1.57. The van der Waals surface area contributed by atoms with E-state index in [1.807, 2.05) is 25.2 Å². The number of benzene rings is 1. The zero-order valence-corrected chi connectivity index (χ0v) is 12.5. The first kappa shape index (κ1) is 16.7. The molecule has 0 saturated carbocycles. The third-order valence-corrected chi connectivity index (χ3v) is 3.64. The molecule has 0 aromatic heterocycles. The Morgan fingerprint density at radius 3 is 2.55 bits per heavy atom. The van der Waals surface area contributed by atoms with Crippen LogP contribution in [0.1, 0.15) is 29.6 Å². The number of nitrogens with zero attached hydrogens (tertiary/aromatic N) is 1. The van der Waals surface area contributed by atoms with Crippen molar-refractivity contribution in [3.63, 3.8) is 0 Å². The van der Waals surface area contributed by atoms with Gasteiger partial charge in [-0.05, 0) is 13.0 Å². The van der Waals surface area contributed by atoms with Gasteiger partial charge in [-0.15, -0.1) is 12.4 Å². The number of halogens is 1. The summed E-state index contributed by atoms with van der Waals surface area (Å²) < 4.78 is 0. The summed E-state index contributed by atoms with van der Waals surface area (Å²) in [5.74, 6) is 0.0879. The monoisotopic (exact) mass is 296 g/mol. The molecule has 1 heterocycles. The minimum absolute atomic E-state index is 0. The minimum atomic E-state index is 0. The maximum atomic E-state index is 12.0. The van der Waals surface area contributed by atoms with Gasteiger partial charge in [0.15, 0.2) is 5.78 Å². The van der Waals surface area contributed by atoms with Gasteiger partial charge in [-0.2, -0.15) is 0 Å². The fraction of sp³-hybridized carbons (Fsp3) is 0.467. The number of Topliss-reactive ketones (excluding diaryl/α,β-unsaturated/α-hetero) is 1. The average Bonchev–Trinajstić information content (AvgIpc) is 2.98. The molecular formula is C15H21ClN2O2. The molecule has 20 heavy (non-hydrogen) atoms. The molecule has 0 bridgehead atoms. The Kier molecular flexibility index (Phi) is 6.68. The van der Waals surface area contributed by atoms with Crippen LogP contribution < -0.4 is 5.32 Å². The van der Waals surface area contributed by atoms with Gasteiger partial charge in [-0.3, -0.25) is 9.59 Å². The van der Waals surface area contributed by atoms with E-state index in [1.54, 1.807) is 17.0 Å². The second-order valence-corrected chi connectivity index (χ2v) is 4.94. The Labute approximate surface area is 125 Å². The summed E-state index contributed by atoms with van der Waals surface area (Å²) in [4.78, 5) is 25.7.